The van der Waals surface area contributed by atoms with Crippen molar-refractivity contribution in [1.29, 1.82) is 0 Å². The van der Waals surface area contributed by atoms with Crippen LogP contribution in [0.4, 0.5) is 37.3 Å². The van der Waals surface area contributed by atoms with Crippen LogP contribution in [0.3, 0.4) is 0 Å². The third-order valence-corrected chi connectivity index (χ3v) is 7.62. The molecule has 2 aliphatic heterocycles. The molecule has 2 aliphatic rings. The van der Waals surface area contributed by atoms with Crippen LogP contribution in [0, 0.1) is 5.82 Å². The number of ketones is 1. The number of anilines is 2. The van der Waals surface area contributed by atoms with E-state index in [1.54, 1.807) is 24.3 Å². The second kappa shape index (κ2) is 12.7. The molecule has 50 heavy (non-hydrogen) atoms. The van der Waals surface area contributed by atoms with Crippen molar-refractivity contribution in [3.63, 3.8) is 0 Å². The molecule has 20 heteroatoms. The van der Waals surface area contributed by atoms with Crippen molar-refractivity contribution in [3.8, 4) is 11.8 Å². The van der Waals surface area contributed by atoms with E-state index in [0.717, 1.165) is 21.3 Å². The first kappa shape index (κ1) is 31.9. The molecule has 0 saturated heterocycles. The Labute approximate surface area is 288 Å². The number of Topliss-reactive ketones (excluding diaryl/α,β-unsaturated/α-hetero) is 1. The molecule has 4 amide bonds. The highest BCUT2D eigenvalue weighted by atomic mass is 35.5. The molecule has 0 fully saturated rings. The SMILES string of the molecule is O=C(/N=C1\N=Nc2nc(C(C(=O)c3ccc(F)cc3)c3nc4n(c3O)/C(=N/C(=O)Nc3ccc(Cl)cc3)N=N4)c(O)n21)Nc1ccc(Cl)cc1. The second-order valence-corrected chi connectivity index (χ2v) is 11.2. The number of aromatic nitrogens is 4. The van der Waals surface area contributed by atoms with Gasteiger partial charge in [0.15, 0.2) is 5.78 Å². The fraction of sp³-hybridized carbons (Fsp3) is 0.0333. The summed E-state index contributed by atoms with van der Waals surface area (Å²) in [6, 6.07) is 15.1. The molecule has 7 rings (SSSR count). The number of amides is 4. The van der Waals surface area contributed by atoms with Gasteiger partial charge in [-0.25, -0.2) is 33.1 Å². The van der Waals surface area contributed by atoms with E-state index >= 15 is 0 Å². The minimum Gasteiger partial charge on any atom is -0.493 e. The number of fused-ring (bicyclic) bond motifs is 2. The number of carbonyl (C=O) groups is 3. The Balaban J connectivity index is 1.25. The highest BCUT2D eigenvalue weighted by Crippen LogP contribution is 2.43. The van der Waals surface area contributed by atoms with Gasteiger partial charge in [0.25, 0.3) is 23.8 Å². The van der Waals surface area contributed by atoms with Crippen LogP contribution in [-0.4, -0.2) is 59.1 Å². The largest absolute Gasteiger partial charge is 0.493 e. The van der Waals surface area contributed by atoms with Gasteiger partial charge in [-0.15, -0.1) is 20.5 Å². The van der Waals surface area contributed by atoms with Gasteiger partial charge in [0.1, 0.15) is 23.1 Å². The number of hydrogen-bond acceptors (Lipinski definition) is 9. The monoisotopic (exact) mass is 714 g/mol. The van der Waals surface area contributed by atoms with Crippen LogP contribution >= 0.6 is 23.2 Å². The summed E-state index contributed by atoms with van der Waals surface area (Å²) < 4.78 is 15.6. The van der Waals surface area contributed by atoms with E-state index in [1.165, 1.54) is 36.4 Å². The zero-order valence-corrected chi connectivity index (χ0v) is 26.2. The van der Waals surface area contributed by atoms with Crippen LogP contribution in [0.2, 0.25) is 10.0 Å². The molecule has 4 N–H and O–H groups in total. The average Bonchev–Trinajstić information content (AvgIpc) is 3.84. The highest BCUT2D eigenvalue weighted by molar-refractivity contribution is 6.31. The minimum atomic E-state index is -1.68. The maximum Gasteiger partial charge on any atom is 0.348 e. The molecular formula is C30H17Cl2FN12O5. The van der Waals surface area contributed by atoms with Gasteiger partial charge in [-0.3, -0.25) is 4.79 Å². The molecule has 0 spiro atoms. The molecule has 0 aliphatic carbocycles. The molecule has 2 aromatic heterocycles. The van der Waals surface area contributed by atoms with Crippen molar-refractivity contribution in [2.24, 2.45) is 30.4 Å². The van der Waals surface area contributed by atoms with Crippen molar-refractivity contribution in [2.45, 2.75) is 5.92 Å². The van der Waals surface area contributed by atoms with Crippen molar-refractivity contribution < 1.29 is 29.0 Å². The Morgan fingerprint density at radius 1 is 0.660 bits per heavy atom. The molecule has 0 atom stereocenters. The summed E-state index contributed by atoms with van der Waals surface area (Å²) in [5, 5.41) is 44.0. The van der Waals surface area contributed by atoms with Crippen LogP contribution in [0.25, 0.3) is 0 Å². The zero-order chi connectivity index (χ0) is 35.1. The number of urea groups is 2. The number of carbonyl (C=O) groups excluding carboxylic acids is 3. The van der Waals surface area contributed by atoms with Gasteiger partial charge < -0.3 is 20.8 Å². The lowest BCUT2D eigenvalue weighted by Gasteiger charge is -2.13. The lowest BCUT2D eigenvalue weighted by atomic mass is 9.91. The molecule has 248 valence electrons. The van der Waals surface area contributed by atoms with Crippen LogP contribution < -0.4 is 10.6 Å². The number of azo groups is 2. The average molecular weight is 715 g/mol. The summed E-state index contributed by atoms with van der Waals surface area (Å²) in [6.45, 7) is 0. The molecule has 17 nitrogen and oxygen atoms in total. The Hall–Kier alpha value is -6.66. The van der Waals surface area contributed by atoms with Crippen LogP contribution in [0.1, 0.15) is 27.7 Å². The Kier molecular flexibility index (Phi) is 8.14. The van der Waals surface area contributed by atoms with Gasteiger partial charge in [-0.2, -0.15) is 9.98 Å². The van der Waals surface area contributed by atoms with Gasteiger partial charge in [0.05, 0.1) is 0 Å². The van der Waals surface area contributed by atoms with Crippen molar-refractivity contribution in [1.82, 2.24) is 19.1 Å². The number of rotatable bonds is 6. The number of nitrogens with one attached hydrogen (secondary N) is 2. The van der Waals surface area contributed by atoms with Crippen LogP contribution in [-0.2, 0) is 0 Å². The summed E-state index contributed by atoms with van der Waals surface area (Å²) in [7, 11) is 0. The Morgan fingerprint density at radius 3 is 1.50 bits per heavy atom. The maximum atomic E-state index is 14.0. The van der Waals surface area contributed by atoms with Gasteiger partial charge in [-0.05, 0) is 72.8 Å². The van der Waals surface area contributed by atoms with E-state index in [4.69, 9.17) is 23.2 Å². The summed E-state index contributed by atoms with van der Waals surface area (Å²) in [5.74, 6) is -5.89. The van der Waals surface area contributed by atoms with E-state index in [9.17, 15) is 29.0 Å². The van der Waals surface area contributed by atoms with E-state index < -0.39 is 53.3 Å². The van der Waals surface area contributed by atoms with E-state index in [0.29, 0.717) is 21.4 Å². The molecule has 0 bridgehead atoms. The van der Waals surface area contributed by atoms with E-state index in [-0.39, 0.29) is 28.8 Å². The van der Waals surface area contributed by atoms with Gasteiger partial charge in [0.2, 0.25) is 11.8 Å². The summed E-state index contributed by atoms with van der Waals surface area (Å²) in [5.41, 5.74) is -0.0914. The maximum absolute atomic E-state index is 14.0. The summed E-state index contributed by atoms with van der Waals surface area (Å²) in [6.07, 6.45) is 0. The summed E-state index contributed by atoms with van der Waals surface area (Å²) in [4.78, 5) is 55.5. The first-order chi connectivity index (χ1) is 24.0. The second-order valence-electron chi connectivity index (χ2n) is 10.3. The van der Waals surface area contributed by atoms with E-state index in [2.05, 4.69) is 51.0 Å². The number of halogens is 3. The van der Waals surface area contributed by atoms with Gasteiger partial charge >= 0.3 is 12.1 Å². The number of nitrogens with zero attached hydrogens (tertiary/aromatic N) is 10. The zero-order valence-electron chi connectivity index (χ0n) is 24.7. The standard InChI is InChI=1S/C30H17Cl2FN12O5/c31-14-3-9-17(10-4-14)34-29(49)38-27-42-40-25-36-20(23(47)44(25)27)19(22(46)13-1-7-16(33)8-2-13)21-24(48)45-26(37-21)41-43-28(45)39-30(50)35-18-11-5-15(32)6-12-18/h1-12,19,47-48H,(H,34,49)(H,35,50)/b38-27+,39-28+. The number of imidazole rings is 2. The number of hydrogen-bond donors (Lipinski definition) is 4. The van der Waals surface area contributed by atoms with Crippen LogP contribution in [0.5, 0.6) is 11.8 Å². The van der Waals surface area contributed by atoms with Crippen molar-refractivity contribution >= 4 is 76.2 Å². The van der Waals surface area contributed by atoms with Crippen molar-refractivity contribution in [3.05, 3.63) is 106 Å². The Morgan fingerprint density at radius 2 is 1.08 bits per heavy atom. The molecule has 5 aromatic rings. The molecule has 0 radical (unpaired) electrons. The number of aliphatic imine (C=N–C) groups is 2. The fourth-order valence-electron chi connectivity index (χ4n) is 4.85. The fourth-order valence-corrected chi connectivity index (χ4v) is 5.10. The number of aromatic hydroxyl groups is 2. The molecule has 0 unspecified atom stereocenters. The normalized spacial score (nSPS) is 14.9. The molecule has 0 saturated carbocycles. The minimum absolute atomic E-state index is 0.0489. The predicted octanol–water partition coefficient (Wildman–Crippen LogP) is 7.02. The highest BCUT2D eigenvalue weighted by Gasteiger charge is 2.40. The Bertz CT molecular complexity index is 2200. The first-order valence-electron chi connectivity index (χ1n) is 14.1. The quantitative estimate of drug-likeness (QED) is 0.134. The van der Waals surface area contributed by atoms with Crippen LogP contribution in [0.15, 0.2) is 103 Å². The topological polar surface area (TPSA) is 226 Å². The number of benzene rings is 3. The molecular weight excluding hydrogens is 698 g/mol. The van der Waals surface area contributed by atoms with E-state index in [1.807, 2.05) is 0 Å². The smallest absolute Gasteiger partial charge is 0.348 e. The summed E-state index contributed by atoms with van der Waals surface area (Å²) >= 11 is 11.8. The van der Waals surface area contributed by atoms with Gasteiger partial charge in [0, 0.05) is 27.0 Å². The third-order valence-electron chi connectivity index (χ3n) is 7.11. The third kappa shape index (κ3) is 6.06. The predicted molar refractivity (Wildman–Crippen MR) is 176 cm³/mol. The molecule has 4 heterocycles. The molecule has 3 aromatic carbocycles. The van der Waals surface area contributed by atoms with Gasteiger partial charge in [-0.1, -0.05) is 23.2 Å². The lowest BCUT2D eigenvalue weighted by molar-refractivity contribution is 0.0968. The lowest BCUT2D eigenvalue weighted by Crippen LogP contribution is -2.17. The van der Waals surface area contributed by atoms with Crippen molar-refractivity contribution in [2.75, 3.05) is 10.6 Å². The first-order valence-corrected chi connectivity index (χ1v) is 14.9.